The standard InChI is InChI=1S/C20H26N4O/c1-14-7-9-18(10-8-14)22-20(25)24-16(3)12-23(13-17(24)4)19-15(2)6-5-11-21-19/h5-11,16-17H,12-13H2,1-4H3,(H,22,25). The molecule has 0 bridgehead atoms. The Morgan fingerprint density at radius 2 is 1.72 bits per heavy atom. The van der Waals surface area contributed by atoms with Crippen LogP contribution in [-0.4, -0.2) is 41.1 Å². The van der Waals surface area contributed by atoms with Crippen LogP contribution in [0.4, 0.5) is 16.3 Å². The van der Waals surface area contributed by atoms with Gasteiger partial charge in [0.1, 0.15) is 5.82 Å². The van der Waals surface area contributed by atoms with Crippen molar-refractivity contribution in [3.8, 4) is 0 Å². The fourth-order valence-corrected chi connectivity index (χ4v) is 3.53. The van der Waals surface area contributed by atoms with E-state index in [0.717, 1.165) is 24.6 Å². The molecule has 1 saturated heterocycles. The van der Waals surface area contributed by atoms with Crippen LogP contribution in [0, 0.1) is 13.8 Å². The second kappa shape index (κ2) is 7.13. The summed E-state index contributed by atoms with van der Waals surface area (Å²) < 4.78 is 0. The van der Waals surface area contributed by atoms with Crippen molar-refractivity contribution in [3.63, 3.8) is 0 Å². The molecule has 5 nitrogen and oxygen atoms in total. The van der Waals surface area contributed by atoms with Crippen molar-refractivity contribution in [2.45, 2.75) is 39.8 Å². The molecular formula is C20H26N4O. The summed E-state index contributed by atoms with van der Waals surface area (Å²) in [5, 5.41) is 3.02. The quantitative estimate of drug-likeness (QED) is 0.905. The normalized spacial score (nSPS) is 20.5. The lowest BCUT2D eigenvalue weighted by molar-refractivity contribution is 0.153. The van der Waals surface area contributed by atoms with Gasteiger partial charge in [-0.1, -0.05) is 23.8 Å². The molecule has 2 amide bonds. The van der Waals surface area contributed by atoms with Gasteiger partial charge in [-0.25, -0.2) is 9.78 Å². The second-order valence-corrected chi connectivity index (χ2v) is 6.95. The molecule has 2 aromatic rings. The molecule has 1 aliphatic heterocycles. The van der Waals surface area contributed by atoms with Gasteiger partial charge in [0, 0.05) is 37.1 Å². The van der Waals surface area contributed by atoms with Crippen LogP contribution < -0.4 is 10.2 Å². The van der Waals surface area contributed by atoms with Crippen molar-refractivity contribution in [1.82, 2.24) is 9.88 Å². The lowest BCUT2D eigenvalue weighted by Crippen LogP contribution is -2.60. The largest absolute Gasteiger partial charge is 0.352 e. The van der Waals surface area contributed by atoms with Gasteiger partial charge in [-0.2, -0.15) is 0 Å². The van der Waals surface area contributed by atoms with Gasteiger partial charge in [0.25, 0.3) is 0 Å². The zero-order valence-corrected chi connectivity index (χ0v) is 15.4. The van der Waals surface area contributed by atoms with Crippen molar-refractivity contribution < 1.29 is 4.79 Å². The summed E-state index contributed by atoms with van der Waals surface area (Å²) in [7, 11) is 0. The van der Waals surface area contributed by atoms with E-state index in [-0.39, 0.29) is 18.1 Å². The molecule has 25 heavy (non-hydrogen) atoms. The number of urea groups is 1. The molecule has 0 saturated carbocycles. The molecule has 1 N–H and O–H groups in total. The van der Waals surface area contributed by atoms with Crippen LogP contribution in [0.2, 0.25) is 0 Å². The highest BCUT2D eigenvalue weighted by molar-refractivity contribution is 5.90. The zero-order chi connectivity index (χ0) is 18.0. The molecule has 0 spiro atoms. The average molecular weight is 338 g/mol. The predicted molar refractivity (Wildman–Crippen MR) is 102 cm³/mol. The molecule has 1 aromatic carbocycles. The number of aryl methyl sites for hydroxylation is 2. The molecule has 0 aliphatic carbocycles. The van der Waals surface area contributed by atoms with E-state index in [1.165, 1.54) is 11.1 Å². The number of anilines is 2. The summed E-state index contributed by atoms with van der Waals surface area (Å²) >= 11 is 0. The molecule has 1 aliphatic rings. The summed E-state index contributed by atoms with van der Waals surface area (Å²) in [5.74, 6) is 1.01. The number of carbonyl (C=O) groups is 1. The van der Waals surface area contributed by atoms with Gasteiger partial charge in [0.05, 0.1) is 0 Å². The Hall–Kier alpha value is -2.56. The maximum Gasteiger partial charge on any atom is 0.322 e. The van der Waals surface area contributed by atoms with Gasteiger partial charge >= 0.3 is 6.03 Å². The van der Waals surface area contributed by atoms with Crippen LogP contribution in [-0.2, 0) is 0 Å². The lowest BCUT2D eigenvalue weighted by atomic mass is 10.1. The van der Waals surface area contributed by atoms with E-state index in [4.69, 9.17) is 0 Å². The van der Waals surface area contributed by atoms with Gasteiger partial charge in [-0.3, -0.25) is 0 Å². The molecule has 5 heteroatoms. The highest BCUT2D eigenvalue weighted by Gasteiger charge is 2.33. The van der Waals surface area contributed by atoms with E-state index < -0.39 is 0 Å². The Kier molecular flexibility index (Phi) is 4.93. The first-order valence-corrected chi connectivity index (χ1v) is 8.78. The molecule has 2 atom stereocenters. The van der Waals surface area contributed by atoms with Gasteiger partial charge in [-0.15, -0.1) is 0 Å². The maximum atomic E-state index is 12.8. The molecular weight excluding hydrogens is 312 g/mol. The Morgan fingerprint density at radius 1 is 1.08 bits per heavy atom. The Morgan fingerprint density at radius 3 is 2.32 bits per heavy atom. The van der Waals surface area contributed by atoms with Crippen molar-refractivity contribution in [3.05, 3.63) is 53.7 Å². The van der Waals surface area contributed by atoms with Crippen molar-refractivity contribution in [2.75, 3.05) is 23.3 Å². The van der Waals surface area contributed by atoms with E-state index in [2.05, 4.69) is 42.0 Å². The molecule has 0 radical (unpaired) electrons. The van der Waals surface area contributed by atoms with Crippen molar-refractivity contribution >= 4 is 17.5 Å². The summed E-state index contributed by atoms with van der Waals surface area (Å²) in [6.45, 7) is 9.86. The number of rotatable bonds is 2. The third kappa shape index (κ3) is 3.76. The number of piperazine rings is 1. The smallest absolute Gasteiger partial charge is 0.322 e. The summed E-state index contributed by atoms with van der Waals surface area (Å²) in [5.41, 5.74) is 3.18. The van der Waals surface area contributed by atoms with Gasteiger partial charge in [0.15, 0.2) is 0 Å². The average Bonchev–Trinajstić information content (AvgIpc) is 2.56. The number of benzene rings is 1. The second-order valence-electron chi connectivity index (χ2n) is 6.95. The number of aromatic nitrogens is 1. The van der Waals surface area contributed by atoms with Crippen molar-refractivity contribution in [1.29, 1.82) is 0 Å². The summed E-state index contributed by atoms with van der Waals surface area (Å²) in [6.07, 6.45) is 1.83. The topological polar surface area (TPSA) is 48.5 Å². The molecule has 2 heterocycles. The molecule has 3 rings (SSSR count). The number of nitrogens with zero attached hydrogens (tertiary/aromatic N) is 3. The number of nitrogens with one attached hydrogen (secondary N) is 1. The fourth-order valence-electron chi connectivity index (χ4n) is 3.53. The van der Waals surface area contributed by atoms with Crippen LogP contribution in [0.15, 0.2) is 42.6 Å². The number of pyridine rings is 1. The third-order valence-corrected chi connectivity index (χ3v) is 4.74. The van der Waals surface area contributed by atoms with Crippen LogP contribution in [0.1, 0.15) is 25.0 Å². The molecule has 2 unspecified atom stereocenters. The Balaban J connectivity index is 1.71. The predicted octanol–water partition coefficient (Wildman–Crippen LogP) is 3.83. The van der Waals surface area contributed by atoms with Crippen LogP contribution in [0.5, 0.6) is 0 Å². The minimum Gasteiger partial charge on any atom is -0.352 e. The van der Waals surface area contributed by atoms with E-state index in [9.17, 15) is 4.79 Å². The number of amides is 2. The number of hydrogen-bond acceptors (Lipinski definition) is 3. The highest BCUT2D eigenvalue weighted by atomic mass is 16.2. The first kappa shape index (κ1) is 17.3. The first-order chi connectivity index (χ1) is 12.0. The minimum absolute atomic E-state index is 0.0405. The highest BCUT2D eigenvalue weighted by Crippen LogP contribution is 2.24. The summed E-state index contributed by atoms with van der Waals surface area (Å²) in [6, 6.07) is 12.1. The van der Waals surface area contributed by atoms with Crippen LogP contribution >= 0.6 is 0 Å². The Bertz CT molecular complexity index is 732. The van der Waals surface area contributed by atoms with Crippen LogP contribution in [0.3, 0.4) is 0 Å². The van der Waals surface area contributed by atoms with E-state index in [0.29, 0.717) is 0 Å². The lowest BCUT2D eigenvalue weighted by Gasteiger charge is -2.45. The SMILES string of the molecule is Cc1ccc(NC(=O)N2C(C)CN(c3ncccc3C)CC2C)cc1. The number of hydrogen-bond donors (Lipinski definition) is 1. The molecule has 132 valence electrons. The maximum absolute atomic E-state index is 12.8. The van der Waals surface area contributed by atoms with E-state index in [1.807, 2.05) is 48.4 Å². The van der Waals surface area contributed by atoms with E-state index >= 15 is 0 Å². The molecule has 1 fully saturated rings. The van der Waals surface area contributed by atoms with Gasteiger partial charge in [0.2, 0.25) is 0 Å². The summed E-state index contributed by atoms with van der Waals surface area (Å²) in [4.78, 5) is 21.5. The minimum atomic E-state index is -0.0405. The zero-order valence-electron chi connectivity index (χ0n) is 15.4. The number of carbonyl (C=O) groups excluding carboxylic acids is 1. The first-order valence-electron chi connectivity index (χ1n) is 8.78. The van der Waals surface area contributed by atoms with Crippen molar-refractivity contribution in [2.24, 2.45) is 0 Å². The van der Waals surface area contributed by atoms with Gasteiger partial charge < -0.3 is 15.1 Å². The third-order valence-electron chi connectivity index (χ3n) is 4.74. The fraction of sp³-hybridized carbons (Fsp3) is 0.400. The molecule has 1 aromatic heterocycles. The Labute approximate surface area is 149 Å². The monoisotopic (exact) mass is 338 g/mol. The van der Waals surface area contributed by atoms with Gasteiger partial charge in [-0.05, 0) is 51.5 Å². The van der Waals surface area contributed by atoms with Crippen LogP contribution in [0.25, 0.3) is 0 Å². The van der Waals surface area contributed by atoms with E-state index in [1.54, 1.807) is 0 Å².